The van der Waals surface area contributed by atoms with E-state index in [1.54, 1.807) is 13.3 Å². The van der Waals surface area contributed by atoms with Crippen LogP contribution in [0.15, 0.2) is 48.7 Å². The lowest BCUT2D eigenvalue weighted by atomic mass is 9.85. The van der Waals surface area contributed by atoms with Crippen LogP contribution >= 0.6 is 0 Å². The quantitative estimate of drug-likeness (QED) is 0.773. The maximum atomic E-state index is 13.6. The zero-order valence-corrected chi connectivity index (χ0v) is 16.6. The highest BCUT2D eigenvalue weighted by Crippen LogP contribution is 2.39. The molecular formula is C23H29N3O2. The summed E-state index contributed by atoms with van der Waals surface area (Å²) < 4.78 is 5.48. The maximum absolute atomic E-state index is 13.6. The van der Waals surface area contributed by atoms with Crippen LogP contribution < -0.4 is 4.74 Å². The monoisotopic (exact) mass is 379 g/mol. The molecule has 1 unspecified atom stereocenters. The molecule has 0 aliphatic carbocycles. The van der Waals surface area contributed by atoms with Gasteiger partial charge in [-0.25, -0.2) is 0 Å². The van der Waals surface area contributed by atoms with Crippen molar-refractivity contribution in [3.63, 3.8) is 0 Å². The molecule has 1 spiro atoms. The second kappa shape index (κ2) is 8.31. The summed E-state index contributed by atoms with van der Waals surface area (Å²) in [5, 5.41) is 0. The molecule has 2 aromatic rings. The number of ether oxygens (including phenoxy) is 1. The van der Waals surface area contributed by atoms with E-state index in [1.165, 1.54) is 5.56 Å². The number of hydrogen-bond acceptors (Lipinski definition) is 4. The number of likely N-dealkylation sites (tertiary alicyclic amines) is 2. The third-order valence-electron chi connectivity index (χ3n) is 6.25. The number of aromatic nitrogens is 1. The van der Waals surface area contributed by atoms with Crippen LogP contribution in [0.2, 0.25) is 0 Å². The smallest absolute Gasteiger partial charge is 0.243 e. The van der Waals surface area contributed by atoms with Gasteiger partial charge in [0.25, 0.3) is 0 Å². The van der Waals surface area contributed by atoms with Crippen molar-refractivity contribution < 1.29 is 9.53 Å². The number of carbonyl (C=O) groups is 1. The Balaban J connectivity index is 1.49. The highest BCUT2D eigenvalue weighted by Gasteiger charge is 2.50. The van der Waals surface area contributed by atoms with Gasteiger partial charge >= 0.3 is 0 Å². The summed E-state index contributed by atoms with van der Waals surface area (Å²) in [7, 11) is 1.68. The van der Waals surface area contributed by atoms with Gasteiger partial charge in [-0.1, -0.05) is 30.3 Å². The van der Waals surface area contributed by atoms with Gasteiger partial charge in [0.2, 0.25) is 5.91 Å². The van der Waals surface area contributed by atoms with Crippen LogP contribution in [0.25, 0.3) is 0 Å². The number of nitrogens with zero attached hydrogens (tertiary/aromatic N) is 3. The summed E-state index contributed by atoms with van der Waals surface area (Å²) in [6.45, 7) is 3.28. The lowest BCUT2D eigenvalue weighted by Gasteiger charge is -2.44. The standard InChI is InChI=1S/C23H29N3O2/c1-28-21-10-5-14-24-20(21)18-26-16-7-13-23(26)12-6-15-25(22(23)27)17-11-19-8-3-2-4-9-19/h2-5,8-10,14H,6-7,11-13,15-18H2,1H3. The molecule has 1 aromatic carbocycles. The summed E-state index contributed by atoms with van der Waals surface area (Å²) in [4.78, 5) is 22.5. The molecule has 4 rings (SSSR count). The molecule has 2 fully saturated rings. The van der Waals surface area contributed by atoms with Gasteiger partial charge in [-0.2, -0.15) is 0 Å². The molecule has 0 saturated carbocycles. The molecule has 5 nitrogen and oxygen atoms in total. The van der Waals surface area contributed by atoms with Crippen LogP contribution in [0.3, 0.4) is 0 Å². The van der Waals surface area contributed by atoms with E-state index in [1.807, 2.05) is 18.2 Å². The Bertz CT molecular complexity index is 811. The maximum Gasteiger partial charge on any atom is 0.243 e. The van der Waals surface area contributed by atoms with Crippen molar-refractivity contribution in [3.8, 4) is 5.75 Å². The molecule has 148 valence electrons. The molecule has 0 N–H and O–H groups in total. The fourth-order valence-electron chi connectivity index (χ4n) is 4.79. The van der Waals surface area contributed by atoms with Crippen molar-refractivity contribution in [3.05, 3.63) is 59.9 Å². The summed E-state index contributed by atoms with van der Waals surface area (Å²) in [5.41, 5.74) is 1.84. The Morgan fingerprint density at radius 1 is 1.07 bits per heavy atom. The van der Waals surface area contributed by atoms with E-state index >= 15 is 0 Å². The number of piperidine rings is 1. The lowest BCUT2D eigenvalue weighted by molar-refractivity contribution is -0.147. The Morgan fingerprint density at radius 3 is 2.64 bits per heavy atom. The van der Waals surface area contributed by atoms with Gasteiger partial charge in [0.05, 0.1) is 12.8 Å². The molecule has 5 heteroatoms. The van der Waals surface area contributed by atoms with E-state index in [0.717, 1.165) is 63.2 Å². The van der Waals surface area contributed by atoms with Crippen LogP contribution in [0, 0.1) is 0 Å². The molecule has 1 amide bonds. The highest BCUT2D eigenvalue weighted by molar-refractivity contribution is 5.87. The molecular weight excluding hydrogens is 350 g/mol. The largest absolute Gasteiger partial charge is 0.495 e. The van der Waals surface area contributed by atoms with Crippen LogP contribution in [0.5, 0.6) is 5.75 Å². The Kier molecular flexibility index (Phi) is 5.62. The van der Waals surface area contributed by atoms with E-state index < -0.39 is 0 Å². The predicted molar refractivity (Wildman–Crippen MR) is 109 cm³/mol. The molecule has 28 heavy (non-hydrogen) atoms. The average molecular weight is 380 g/mol. The fraction of sp³-hybridized carbons (Fsp3) is 0.478. The third-order valence-corrected chi connectivity index (χ3v) is 6.25. The van der Waals surface area contributed by atoms with Gasteiger partial charge in [-0.3, -0.25) is 14.7 Å². The van der Waals surface area contributed by atoms with E-state index in [4.69, 9.17) is 4.74 Å². The minimum absolute atomic E-state index is 0.307. The first-order chi connectivity index (χ1) is 13.7. The summed E-state index contributed by atoms with van der Waals surface area (Å²) >= 11 is 0. The molecule has 2 aliphatic rings. The molecule has 2 saturated heterocycles. The number of amides is 1. The Morgan fingerprint density at radius 2 is 1.86 bits per heavy atom. The van der Waals surface area contributed by atoms with Gasteiger partial charge < -0.3 is 9.64 Å². The number of rotatable bonds is 6. The second-order valence-corrected chi connectivity index (χ2v) is 7.84. The van der Waals surface area contributed by atoms with E-state index in [9.17, 15) is 4.79 Å². The Hall–Kier alpha value is -2.40. The summed E-state index contributed by atoms with van der Waals surface area (Å²) in [6.07, 6.45) is 6.74. The second-order valence-electron chi connectivity index (χ2n) is 7.84. The lowest BCUT2D eigenvalue weighted by Crippen LogP contribution is -2.59. The van der Waals surface area contributed by atoms with Crippen molar-refractivity contribution in [2.24, 2.45) is 0 Å². The van der Waals surface area contributed by atoms with Gasteiger partial charge in [-0.15, -0.1) is 0 Å². The van der Waals surface area contributed by atoms with E-state index in [0.29, 0.717) is 12.5 Å². The average Bonchev–Trinajstić information content (AvgIpc) is 3.13. The normalized spacial score (nSPS) is 22.8. The van der Waals surface area contributed by atoms with Gasteiger partial charge in [-0.05, 0) is 56.3 Å². The molecule has 0 bridgehead atoms. The number of benzene rings is 1. The summed E-state index contributed by atoms with van der Waals surface area (Å²) in [6, 6.07) is 14.3. The van der Waals surface area contributed by atoms with E-state index in [2.05, 4.69) is 39.0 Å². The van der Waals surface area contributed by atoms with Crippen LogP contribution in [0.4, 0.5) is 0 Å². The van der Waals surface area contributed by atoms with Gasteiger partial charge in [0, 0.05) is 25.8 Å². The number of hydrogen-bond donors (Lipinski definition) is 0. The van der Waals surface area contributed by atoms with E-state index in [-0.39, 0.29) is 5.54 Å². The molecule has 2 aliphatic heterocycles. The van der Waals surface area contributed by atoms with Crippen molar-refractivity contribution in [2.45, 2.75) is 44.2 Å². The van der Waals surface area contributed by atoms with Gasteiger partial charge in [0.1, 0.15) is 11.3 Å². The molecule has 1 atom stereocenters. The Labute approximate surface area is 167 Å². The SMILES string of the molecule is COc1cccnc1CN1CCCC12CCCN(CCc1ccccc1)C2=O. The van der Waals surface area contributed by atoms with Crippen LogP contribution in [-0.2, 0) is 17.8 Å². The fourth-order valence-corrected chi connectivity index (χ4v) is 4.79. The topological polar surface area (TPSA) is 45.7 Å². The van der Waals surface area contributed by atoms with Crippen molar-refractivity contribution in [2.75, 3.05) is 26.7 Å². The van der Waals surface area contributed by atoms with Crippen LogP contribution in [0.1, 0.15) is 36.9 Å². The van der Waals surface area contributed by atoms with Crippen LogP contribution in [-0.4, -0.2) is 53.0 Å². The number of carbonyl (C=O) groups excluding carboxylic acids is 1. The van der Waals surface area contributed by atoms with Gasteiger partial charge in [0.15, 0.2) is 0 Å². The number of methoxy groups -OCH3 is 1. The zero-order chi connectivity index (χ0) is 19.4. The highest BCUT2D eigenvalue weighted by atomic mass is 16.5. The minimum Gasteiger partial charge on any atom is -0.495 e. The first kappa shape index (κ1) is 18.9. The summed E-state index contributed by atoms with van der Waals surface area (Å²) in [5.74, 6) is 1.11. The van der Waals surface area contributed by atoms with Crippen molar-refractivity contribution >= 4 is 5.91 Å². The predicted octanol–water partition coefficient (Wildman–Crippen LogP) is 3.29. The third kappa shape index (κ3) is 3.63. The van der Waals surface area contributed by atoms with Crippen molar-refractivity contribution in [1.29, 1.82) is 0 Å². The zero-order valence-electron chi connectivity index (χ0n) is 16.6. The number of pyridine rings is 1. The molecule has 0 radical (unpaired) electrons. The van der Waals surface area contributed by atoms with Crippen molar-refractivity contribution in [1.82, 2.24) is 14.8 Å². The molecule has 1 aromatic heterocycles. The first-order valence-corrected chi connectivity index (χ1v) is 10.3. The molecule has 3 heterocycles. The first-order valence-electron chi connectivity index (χ1n) is 10.3. The minimum atomic E-state index is -0.364.